The number of hydrogen-bond donors (Lipinski definition) is 2. The minimum absolute atomic E-state index is 0.0801. The number of nitrogens with zero attached hydrogens (tertiary/aromatic N) is 2. The minimum Gasteiger partial charge on any atom is -0.330 e. The van der Waals surface area contributed by atoms with Gasteiger partial charge in [-0.05, 0) is 31.6 Å². The number of unbranched alkanes of at least 4 members (excludes halogenated alkanes) is 1. The van der Waals surface area contributed by atoms with Gasteiger partial charge < -0.3 is 11.1 Å². The van der Waals surface area contributed by atoms with Crippen molar-refractivity contribution in [3.8, 4) is 0 Å². The Balaban J connectivity index is 1.81. The van der Waals surface area contributed by atoms with Crippen molar-refractivity contribution in [2.45, 2.75) is 64.2 Å². The van der Waals surface area contributed by atoms with E-state index in [1.165, 1.54) is 56.3 Å². The van der Waals surface area contributed by atoms with E-state index in [-0.39, 0.29) is 5.91 Å². The van der Waals surface area contributed by atoms with E-state index >= 15 is 0 Å². The molecule has 1 heterocycles. The summed E-state index contributed by atoms with van der Waals surface area (Å²) in [4.78, 5) is 11.5. The zero-order valence-corrected chi connectivity index (χ0v) is 13.6. The molecular formula is C15H26N4OS. The number of aromatic nitrogens is 2. The number of amides is 1. The summed E-state index contributed by atoms with van der Waals surface area (Å²) < 4.78 is 0. The van der Waals surface area contributed by atoms with Crippen molar-refractivity contribution in [3.63, 3.8) is 0 Å². The van der Waals surface area contributed by atoms with Gasteiger partial charge >= 0.3 is 0 Å². The second kappa shape index (κ2) is 8.44. The van der Waals surface area contributed by atoms with Crippen LogP contribution in [0.4, 0.5) is 5.13 Å². The fraction of sp³-hybridized carbons (Fsp3) is 0.800. The number of carbonyl (C=O) groups excluding carboxylic acids is 1. The third kappa shape index (κ3) is 5.04. The molecule has 3 N–H and O–H groups in total. The van der Waals surface area contributed by atoms with E-state index in [9.17, 15) is 4.79 Å². The number of nitrogens with one attached hydrogen (secondary N) is 1. The minimum atomic E-state index is -0.0801. The van der Waals surface area contributed by atoms with E-state index in [0.717, 1.165) is 10.9 Å². The molecule has 1 saturated carbocycles. The quantitative estimate of drug-likeness (QED) is 0.809. The van der Waals surface area contributed by atoms with Crippen LogP contribution in [0.5, 0.6) is 0 Å². The monoisotopic (exact) mass is 310 g/mol. The second-order valence-electron chi connectivity index (χ2n) is 5.89. The van der Waals surface area contributed by atoms with Crippen LogP contribution in [0.1, 0.15) is 69.2 Å². The van der Waals surface area contributed by atoms with Crippen LogP contribution < -0.4 is 11.1 Å². The third-order valence-corrected chi connectivity index (χ3v) is 5.22. The van der Waals surface area contributed by atoms with Crippen molar-refractivity contribution >= 4 is 22.4 Å². The lowest BCUT2D eigenvalue weighted by Crippen LogP contribution is -2.15. The molecule has 0 unspecified atom stereocenters. The SMILES string of the molecule is CCCCC1CCC(c2nnc(NC(=O)CCN)s2)CC1. The average molecular weight is 310 g/mol. The Morgan fingerprint density at radius 2 is 2.10 bits per heavy atom. The van der Waals surface area contributed by atoms with Crippen LogP contribution in [0.25, 0.3) is 0 Å². The van der Waals surface area contributed by atoms with Crippen LogP contribution in [0, 0.1) is 5.92 Å². The Labute approximate surface area is 130 Å². The predicted octanol–water partition coefficient (Wildman–Crippen LogP) is 3.29. The predicted molar refractivity (Wildman–Crippen MR) is 86.4 cm³/mol. The van der Waals surface area contributed by atoms with Crippen LogP contribution in [0.3, 0.4) is 0 Å². The molecule has 1 aromatic rings. The van der Waals surface area contributed by atoms with E-state index in [0.29, 0.717) is 24.0 Å². The van der Waals surface area contributed by atoms with Crippen molar-refractivity contribution in [1.82, 2.24) is 10.2 Å². The number of nitrogens with two attached hydrogens (primary N) is 1. The highest BCUT2D eigenvalue weighted by Crippen LogP contribution is 2.39. The molecule has 2 rings (SSSR count). The number of hydrogen-bond acceptors (Lipinski definition) is 5. The summed E-state index contributed by atoms with van der Waals surface area (Å²) in [7, 11) is 0. The van der Waals surface area contributed by atoms with Crippen LogP contribution in [0.2, 0.25) is 0 Å². The molecular weight excluding hydrogens is 284 g/mol. The number of anilines is 1. The molecule has 0 radical (unpaired) electrons. The van der Waals surface area contributed by atoms with Crippen molar-refractivity contribution in [3.05, 3.63) is 5.01 Å². The molecule has 1 fully saturated rings. The molecule has 0 aromatic carbocycles. The van der Waals surface area contributed by atoms with Gasteiger partial charge in [-0.2, -0.15) is 0 Å². The van der Waals surface area contributed by atoms with E-state index < -0.39 is 0 Å². The van der Waals surface area contributed by atoms with Crippen LogP contribution in [-0.2, 0) is 4.79 Å². The summed E-state index contributed by atoms with van der Waals surface area (Å²) in [5.74, 6) is 1.35. The van der Waals surface area contributed by atoms with E-state index in [2.05, 4.69) is 22.4 Å². The molecule has 0 bridgehead atoms. The van der Waals surface area contributed by atoms with E-state index in [1.807, 2.05) is 0 Å². The van der Waals surface area contributed by atoms with Gasteiger partial charge in [0.2, 0.25) is 11.0 Å². The first-order valence-corrected chi connectivity index (χ1v) is 8.87. The molecule has 118 valence electrons. The van der Waals surface area contributed by atoms with Crippen LogP contribution in [0.15, 0.2) is 0 Å². The summed E-state index contributed by atoms with van der Waals surface area (Å²) in [6.45, 7) is 2.62. The highest BCUT2D eigenvalue weighted by Gasteiger charge is 2.24. The van der Waals surface area contributed by atoms with E-state index in [1.54, 1.807) is 0 Å². The first kappa shape index (κ1) is 16.4. The van der Waals surface area contributed by atoms with Crippen molar-refractivity contribution in [1.29, 1.82) is 0 Å². The molecule has 1 aliphatic rings. The number of carbonyl (C=O) groups is 1. The van der Waals surface area contributed by atoms with Gasteiger partial charge in [0.05, 0.1) is 0 Å². The molecule has 0 aliphatic heterocycles. The Hall–Kier alpha value is -1.01. The van der Waals surface area contributed by atoms with Gasteiger partial charge in [0, 0.05) is 18.9 Å². The third-order valence-electron chi connectivity index (χ3n) is 4.22. The summed E-state index contributed by atoms with van der Waals surface area (Å²) >= 11 is 1.52. The topological polar surface area (TPSA) is 80.9 Å². The second-order valence-corrected chi connectivity index (χ2v) is 6.90. The number of rotatable bonds is 7. The normalized spacial score (nSPS) is 22.2. The standard InChI is InChI=1S/C15H26N4OS/c1-2-3-4-11-5-7-12(8-6-11)14-18-19-15(21-14)17-13(20)9-10-16/h11-12H,2-10,16H2,1H3,(H,17,19,20). The Bertz CT molecular complexity index is 441. The molecule has 1 amide bonds. The lowest BCUT2D eigenvalue weighted by molar-refractivity contribution is -0.116. The maximum Gasteiger partial charge on any atom is 0.227 e. The van der Waals surface area contributed by atoms with Gasteiger partial charge in [-0.15, -0.1) is 10.2 Å². The first-order valence-electron chi connectivity index (χ1n) is 8.06. The largest absolute Gasteiger partial charge is 0.330 e. The lowest BCUT2D eigenvalue weighted by Gasteiger charge is -2.26. The van der Waals surface area contributed by atoms with Crippen molar-refractivity contribution in [2.24, 2.45) is 11.7 Å². The Kier molecular flexibility index (Phi) is 6.57. The van der Waals surface area contributed by atoms with Gasteiger partial charge in [0.15, 0.2) is 0 Å². The molecule has 0 atom stereocenters. The fourth-order valence-corrected chi connectivity index (χ4v) is 3.88. The summed E-state index contributed by atoms with van der Waals surface area (Å²) in [6.07, 6.45) is 9.38. The molecule has 21 heavy (non-hydrogen) atoms. The molecule has 0 spiro atoms. The van der Waals surface area contributed by atoms with Gasteiger partial charge in [-0.3, -0.25) is 4.79 Å². The maximum atomic E-state index is 11.5. The van der Waals surface area contributed by atoms with E-state index in [4.69, 9.17) is 5.73 Å². The van der Waals surface area contributed by atoms with Crippen molar-refractivity contribution in [2.75, 3.05) is 11.9 Å². The lowest BCUT2D eigenvalue weighted by atomic mass is 9.80. The van der Waals surface area contributed by atoms with Crippen LogP contribution in [-0.4, -0.2) is 22.6 Å². The molecule has 1 aliphatic carbocycles. The molecule has 6 heteroatoms. The van der Waals surface area contributed by atoms with Crippen LogP contribution >= 0.6 is 11.3 Å². The zero-order chi connectivity index (χ0) is 15.1. The zero-order valence-electron chi connectivity index (χ0n) is 12.8. The summed E-state index contributed by atoms with van der Waals surface area (Å²) in [6, 6.07) is 0. The van der Waals surface area contributed by atoms with Gasteiger partial charge in [-0.25, -0.2) is 0 Å². The fourth-order valence-electron chi connectivity index (χ4n) is 2.95. The Morgan fingerprint density at radius 3 is 2.76 bits per heavy atom. The van der Waals surface area contributed by atoms with Gasteiger partial charge in [0.25, 0.3) is 0 Å². The van der Waals surface area contributed by atoms with Gasteiger partial charge in [-0.1, -0.05) is 37.5 Å². The molecule has 5 nitrogen and oxygen atoms in total. The molecule has 0 saturated heterocycles. The maximum absolute atomic E-state index is 11.5. The average Bonchev–Trinajstić information content (AvgIpc) is 2.94. The highest BCUT2D eigenvalue weighted by molar-refractivity contribution is 7.15. The summed E-state index contributed by atoms with van der Waals surface area (Å²) in [5, 5.41) is 12.8. The summed E-state index contributed by atoms with van der Waals surface area (Å²) in [5.41, 5.74) is 5.36. The smallest absolute Gasteiger partial charge is 0.227 e. The Morgan fingerprint density at radius 1 is 1.33 bits per heavy atom. The highest BCUT2D eigenvalue weighted by atomic mass is 32.1. The van der Waals surface area contributed by atoms with Crippen molar-refractivity contribution < 1.29 is 4.79 Å². The first-order chi connectivity index (χ1) is 10.2. The van der Waals surface area contributed by atoms with Gasteiger partial charge in [0.1, 0.15) is 5.01 Å². The molecule has 1 aromatic heterocycles.